The summed E-state index contributed by atoms with van der Waals surface area (Å²) in [5.41, 5.74) is 2.72. The first-order valence-electron chi connectivity index (χ1n) is 12.6. The third-order valence-corrected chi connectivity index (χ3v) is 6.25. The fourth-order valence-electron chi connectivity index (χ4n) is 4.28. The van der Waals surface area contributed by atoms with Crippen molar-refractivity contribution in [3.8, 4) is 5.75 Å². The number of carbonyl (C=O) groups excluding carboxylic acids is 1. The monoisotopic (exact) mass is 514 g/mol. The zero-order chi connectivity index (χ0) is 26.3. The smallest absolute Gasteiger partial charge is 0.410 e. The van der Waals surface area contributed by atoms with Crippen molar-refractivity contribution in [2.75, 3.05) is 32.9 Å². The number of non-ortho nitro benzene ring substituents is 1. The maximum absolute atomic E-state index is 12.3. The molecule has 4 rings (SSSR count). The van der Waals surface area contributed by atoms with E-state index in [1.54, 1.807) is 17.0 Å². The summed E-state index contributed by atoms with van der Waals surface area (Å²) in [5.74, 6) is 0.164. The molecular formula is C27H34N2O8. The number of fused-ring (bicyclic) bond motifs is 1. The van der Waals surface area contributed by atoms with Crippen molar-refractivity contribution in [3.63, 3.8) is 0 Å². The molecule has 0 spiro atoms. The van der Waals surface area contributed by atoms with Crippen LogP contribution in [0.15, 0.2) is 42.5 Å². The topological polar surface area (TPSA) is 110 Å². The van der Waals surface area contributed by atoms with E-state index in [1.807, 2.05) is 32.0 Å². The maximum atomic E-state index is 12.3. The van der Waals surface area contributed by atoms with Gasteiger partial charge < -0.3 is 28.6 Å². The number of carbonyl (C=O) groups is 1. The minimum atomic E-state index is -0.639. The van der Waals surface area contributed by atoms with Gasteiger partial charge in [-0.15, -0.1) is 0 Å². The number of nitro groups is 1. The number of cyclic esters (lactones) is 1. The first-order valence-corrected chi connectivity index (χ1v) is 12.6. The van der Waals surface area contributed by atoms with Crippen LogP contribution in [0.4, 0.5) is 10.5 Å². The normalized spacial score (nSPS) is 18.3. The molecule has 200 valence electrons. The van der Waals surface area contributed by atoms with Gasteiger partial charge in [0.15, 0.2) is 0 Å². The van der Waals surface area contributed by atoms with Crippen molar-refractivity contribution in [3.05, 3.63) is 69.3 Å². The number of amides is 1. The second-order valence-electron chi connectivity index (χ2n) is 9.63. The Balaban J connectivity index is 1.07. The van der Waals surface area contributed by atoms with Crippen LogP contribution in [0.1, 0.15) is 55.9 Å². The minimum absolute atomic E-state index is 0.0584. The molecule has 0 bridgehead atoms. The summed E-state index contributed by atoms with van der Waals surface area (Å²) in [5, 5.41) is 10.8. The van der Waals surface area contributed by atoms with E-state index in [0.717, 1.165) is 41.7 Å². The minimum Gasteiger partial charge on any atom is -0.463 e. The van der Waals surface area contributed by atoms with Gasteiger partial charge in [0, 0.05) is 44.7 Å². The lowest BCUT2D eigenvalue weighted by Gasteiger charge is -2.32. The quantitative estimate of drug-likeness (QED) is 0.205. The number of nitro benzene ring substituents is 1. The largest absolute Gasteiger partial charge is 0.463 e. The Morgan fingerprint density at radius 1 is 1.08 bits per heavy atom. The molecule has 1 amide bonds. The fraction of sp³-hybridized carbons (Fsp3) is 0.519. The molecule has 1 fully saturated rings. The Bertz CT molecular complexity index is 1090. The second-order valence-corrected chi connectivity index (χ2v) is 9.63. The summed E-state index contributed by atoms with van der Waals surface area (Å²) in [6, 6.07) is 12.3. The van der Waals surface area contributed by atoms with Crippen LogP contribution in [0.2, 0.25) is 0 Å². The average Bonchev–Trinajstić information content (AvgIpc) is 3.24. The lowest BCUT2D eigenvalue weighted by atomic mass is 10.0. The molecular weight excluding hydrogens is 480 g/mol. The molecule has 0 saturated carbocycles. The molecule has 1 saturated heterocycles. The van der Waals surface area contributed by atoms with Gasteiger partial charge >= 0.3 is 6.09 Å². The van der Waals surface area contributed by atoms with Crippen molar-refractivity contribution < 1.29 is 33.4 Å². The summed E-state index contributed by atoms with van der Waals surface area (Å²) in [6.07, 6.45) is 2.12. The van der Waals surface area contributed by atoms with Crippen molar-refractivity contribution in [1.29, 1.82) is 0 Å². The van der Waals surface area contributed by atoms with Gasteiger partial charge in [0.2, 0.25) is 5.79 Å². The third-order valence-electron chi connectivity index (χ3n) is 6.25. The predicted molar refractivity (Wildman–Crippen MR) is 134 cm³/mol. The molecule has 0 aromatic heterocycles. The predicted octanol–water partition coefficient (Wildman–Crippen LogP) is 5.14. The van der Waals surface area contributed by atoms with E-state index in [0.29, 0.717) is 46.1 Å². The van der Waals surface area contributed by atoms with Gasteiger partial charge in [0.25, 0.3) is 5.69 Å². The third kappa shape index (κ3) is 7.64. The summed E-state index contributed by atoms with van der Waals surface area (Å²) in [6.45, 7) is 7.21. The molecule has 0 radical (unpaired) electrons. The molecule has 2 aromatic carbocycles. The molecule has 1 atom stereocenters. The lowest BCUT2D eigenvalue weighted by molar-refractivity contribution is -0.384. The Labute approximate surface area is 216 Å². The molecule has 10 nitrogen and oxygen atoms in total. The van der Waals surface area contributed by atoms with E-state index in [-0.39, 0.29) is 17.9 Å². The zero-order valence-corrected chi connectivity index (χ0v) is 21.4. The van der Waals surface area contributed by atoms with Gasteiger partial charge in [0.1, 0.15) is 11.9 Å². The Kier molecular flexibility index (Phi) is 8.96. The highest BCUT2D eigenvalue weighted by atomic mass is 16.7. The highest BCUT2D eigenvalue weighted by molar-refractivity contribution is 5.70. The number of benzene rings is 2. The first-order chi connectivity index (χ1) is 17.8. The highest BCUT2D eigenvalue weighted by Gasteiger charge is 2.33. The van der Waals surface area contributed by atoms with Gasteiger partial charge in [-0.2, -0.15) is 0 Å². The SMILES string of the molecule is CC1(C)OCc2cc([C@@H]3CN(CCCCCOCCOCc4cccc([N+](=O)[O-])c4)C(=O)O3)ccc2O1. The number of unbranched alkanes of at least 4 members (excludes halogenated alkanes) is 2. The number of nitrogens with zero attached hydrogens (tertiary/aromatic N) is 2. The van der Waals surface area contributed by atoms with E-state index in [4.69, 9.17) is 23.7 Å². The highest BCUT2D eigenvalue weighted by Crippen LogP contribution is 2.35. The Hall–Kier alpha value is -3.21. The summed E-state index contributed by atoms with van der Waals surface area (Å²) >= 11 is 0. The average molecular weight is 515 g/mol. The number of hydrogen-bond donors (Lipinski definition) is 0. The van der Waals surface area contributed by atoms with Crippen molar-refractivity contribution in [1.82, 2.24) is 4.90 Å². The van der Waals surface area contributed by atoms with Gasteiger partial charge in [-0.25, -0.2) is 4.79 Å². The van der Waals surface area contributed by atoms with Crippen LogP contribution in [0, 0.1) is 10.1 Å². The Morgan fingerprint density at radius 2 is 1.92 bits per heavy atom. The van der Waals surface area contributed by atoms with Crippen LogP contribution in [-0.4, -0.2) is 54.6 Å². The number of ether oxygens (including phenoxy) is 5. The van der Waals surface area contributed by atoms with Crippen LogP contribution in [0.25, 0.3) is 0 Å². The first kappa shape index (κ1) is 26.8. The molecule has 10 heteroatoms. The maximum Gasteiger partial charge on any atom is 0.410 e. The molecule has 0 aliphatic carbocycles. The molecule has 0 unspecified atom stereocenters. The molecule has 2 aromatic rings. The molecule has 0 N–H and O–H groups in total. The summed E-state index contributed by atoms with van der Waals surface area (Å²) in [7, 11) is 0. The number of rotatable bonds is 13. The standard InChI is InChI=1S/C27H34N2O8/c1-27(2)35-19-22-16-21(9-10-24(22)37-27)25-17-28(26(30)36-25)11-4-3-5-12-33-13-14-34-18-20-7-6-8-23(15-20)29(31)32/h6-10,15-16,25H,3-5,11-14,17-19H2,1-2H3/t25-/m0/s1. The summed E-state index contributed by atoms with van der Waals surface area (Å²) < 4.78 is 28.3. The van der Waals surface area contributed by atoms with E-state index >= 15 is 0 Å². The fourth-order valence-corrected chi connectivity index (χ4v) is 4.28. The summed E-state index contributed by atoms with van der Waals surface area (Å²) in [4.78, 5) is 24.5. The molecule has 2 aliphatic rings. The van der Waals surface area contributed by atoms with Crippen LogP contribution in [0.5, 0.6) is 5.75 Å². The van der Waals surface area contributed by atoms with Gasteiger partial charge in [-0.05, 0) is 42.5 Å². The van der Waals surface area contributed by atoms with Gasteiger partial charge in [-0.1, -0.05) is 18.2 Å². The van der Waals surface area contributed by atoms with Crippen molar-refractivity contribution >= 4 is 11.8 Å². The van der Waals surface area contributed by atoms with Crippen molar-refractivity contribution in [2.45, 2.75) is 58.2 Å². The van der Waals surface area contributed by atoms with Crippen LogP contribution in [0.3, 0.4) is 0 Å². The van der Waals surface area contributed by atoms with Gasteiger partial charge in [0.05, 0.1) is 37.9 Å². The lowest BCUT2D eigenvalue weighted by Crippen LogP contribution is -2.35. The Morgan fingerprint density at radius 3 is 2.76 bits per heavy atom. The van der Waals surface area contributed by atoms with E-state index in [9.17, 15) is 14.9 Å². The second kappa shape index (κ2) is 12.4. The molecule has 37 heavy (non-hydrogen) atoms. The van der Waals surface area contributed by atoms with Crippen molar-refractivity contribution in [2.24, 2.45) is 0 Å². The van der Waals surface area contributed by atoms with E-state index in [1.165, 1.54) is 12.1 Å². The number of hydrogen-bond acceptors (Lipinski definition) is 8. The van der Waals surface area contributed by atoms with E-state index in [2.05, 4.69) is 0 Å². The molecule has 2 heterocycles. The van der Waals surface area contributed by atoms with Crippen LogP contribution < -0.4 is 4.74 Å². The van der Waals surface area contributed by atoms with Crippen LogP contribution >= 0.6 is 0 Å². The zero-order valence-electron chi connectivity index (χ0n) is 21.4. The van der Waals surface area contributed by atoms with Crippen LogP contribution in [-0.2, 0) is 32.2 Å². The van der Waals surface area contributed by atoms with Gasteiger partial charge in [-0.3, -0.25) is 10.1 Å². The molecule has 2 aliphatic heterocycles. The van der Waals surface area contributed by atoms with E-state index < -0.39 is 10.7 Å².